The molecule has 0 rings (SSSR count). The van der Waals surface area contributed by atoms with E-state index in [1.807, 2.05) is 0 Å². The van der Waals surface area contributed by atoms with E-state index in [0.717, 1.165) is 18.8 Å². The molecule has 1 atom stereocenters. The molecule has 178 valence electrons. The Kier molecular flexibility index (Phi) is 26.5. The zero-order valence-electron chi connectivity index (χ0n) is 21.1. The largest absolute Gasteiger partial charge is 0.0885 e. The van der Waals surface area contributed by atoms with Gasteiger partial charge < -0.3 is 0 Å². The molecule has 0 aliphatic carbocycles. The highest BCUT2D eigenvalue weighted by Crippen LogP contribution is 2.19. The van der Waals surface area contributed by atoms with Crippen molar-refractivity contribution in [1.29, 1.82) is 0 Å². The highest BCUT2D eigenvalue weighted by atomic mass is 14.1. The molecule has 0 N–H and O–H groups in total. The Morgan fingerprint density at radius 1 is 0.433 bits per heavy atom. The standard InChI is InChI=1S/C30H58/c1-4-6-8-10-12-14-16-17-18-19-21-23-25-27-29-30(3)28-26-24-22-20-15-13-11-9-7-5-2/h11,13,30H,1-2,4-10,12,14-29H2,3H3/b13-11+. The molecule has 0 amide bonds. The Morgan fingerprint density at radius 3 is 1.20 bits per heavy atom. The fourth-order valence-electron chi connectivity index (χ4n) is 4.36. The minimum Gasteiger partial charge on any atom is -0.0885 e. The Balaban J connectivity index is 3.16. The van der Waals surface area contributed by atoms with Crippen LogP contribution in [0.4, 0.5) is 0 Å². The zero-order valence-corrected chi connectivity index (χ0v) is 21.1. The van der Waals surface area contributed by atoms with E-state index in [9.17, 15) is 0 Å². The number of hydrogen-bond acceptors (Lipinski definition) is 0. The Hall–Kier alpha value is -0.260. The minimum atomic E-state index is 0.945. The molecule has 0 bridgehead atoms. The van der Waals surface area contributed by atoms with Crippen molar-refractivity contribution in [2.75, 3.05) is 0 Å². The summed E-state index contributed by atoms with van der Waals surface area (Å²) in [6.45, 7) is 10.3. The van der Waals surface area contributed by atoms with Crippen LogP contribution in [-0.4, -0.2) is 0 Å². The van der Waals surface area contributed by atoms with Gasteiger partial charge in [0.15, 0.2) is 0 Å². The topological polar surface area (TPSA) is 0 Å². The summed E-state index contributed by atoms with van der Waals surface area (Å²) in [6.07, 6.45) is 38.1. The lowest BCUT2D eigenvalue weighted by Crippen LogP contribution is -1.95. The van der Waals surface area contributed by atoms with E-state index in [2.05, 4.69) is 32.9 Å². The second-order valence-corrected chi connectivity index (χ2v) is 9.80. The van der Waals surface area contributed by atoms with Gasteiger partial charge in [-0.05, 0) is 31.6 Å². The smallest absolute Gasteiger partial charge is 0.0351 e. The van der Waals surface area contributed by atoms with Crippen LogP contribution in [0.3, 0.4) is 0 Å². The van der Waals surface area contributed by atoms with E-state index >= 15 is 0 Å². The molecule has 0 aliphatic rings. The molecule has 0 saturated heterocycles. The lowest BCUT2D eigenvalue weighted by molar-refractivity contribution is 0.432. The van der Waals surface area contributed by atoms with Crippen LogP contribution >= 0.6 is 0 Å². The summed E-state index contributed by atoms with van der Waals surface area (Å²) in [5, 5.41) is 0. The number of rotatable bonds is 25. The van der Waals surface area contributed by atoms with Crippen molar-refractivity contribution in [3.8, 4) is 0 Å². The molecule has 0 saturated carbocycles. The summed E-state index contributed by atoms with van der Waals surface area (Å²) >= 11 is 0. The molecule has 0 aromatic rings. The zero-order chi connectivity index (χ0) is 22.0. The van der Waals surface area contributed by atoms with Crippen molar-refractivity contribution in [3.63, 3.8) is 0 Å². The van der Waals surface area contributed by atoms with E-state index in [1.54, 1.807) is 0 Å². The van der Waals surface area contributed by atoms with Crippen LogP contribution in [0.25, 0.3) is 0 Å². The normalized spacial score (nSPS) is 12.8. The van der Waals surface area contributed by atoms with Crippen molar-refractivity contribution in [1.82, 2.24) is 0 Å². The summed E-state index contributed by atoms with van der Waals surface area (Å²) in [5.41, 5.74) is 0. The predicted octanol–water partition coefficient (Wildman–Crippen LogP) is 11.2. The number of unbranched alkanes of at least 4 members (excludes halogenated alkanes) is 19. The van der Waals surface area contributed by atoms with E-state index in [4.69, 9.17) is 0 Å². The number of hydrogen-bond donors (Lipinski definition) is 0. The Morgan fingerprint density at radius 2 is 0.767 bits per heavy atom. The van der Waals surface area contributed by atoms with Crippen LogP contribution in [-0.2, 0) is 0 Å². The first-order valence-electron chi connectivity index (χ1n) is 14.0. The molecule has 0 aromatic heterocycles. The Bertz CT molecular complexity index is 316. The molecule has 30 heavy (non-hydrogen) atoms. The third-order valence-electron chi connectivity index (χ3n) is 6.55. The average Bonchev–Trinajstić information content (AvgIpc) is 2.75. The van der Waals surface area contributed by atoms with Gasteiger partial charge in [-0.15, -0.1) is 0 Å². The van der Waals surface area contributed by atoms with Crippen LogP contribution < -0.4 is 0 Å². The van der Waals surface area contributed by atoms with Gasteiger partial charge in [0.05, 0.1) is 0 Å². The lowest BCUT2D eigenvalue weighted by atomic mass is 9.96. The van der Waals surface area contributed by atoms with Crippen LogP contribution in [0, 0.1) is 19.8 Å². The monoisotopic (exact) mass is 418 g/mol. The molecule has 0 nitrogen and oxygen atoms in total. The highest BCUT2D eigenvalue weighted by Gasteiger charge is 2.02. The summed E-state index contributed by atoms with van der Waals surface area (Å²) < 4.78 is 0. The summed E-state index contributed by atoms with van der Waals surface area (Å²) in [5.74, 6) is 0.945. The average molecular weight is 419 g/mol. The van der Waals surface area contributed by atoms with Gasteiger partial charge in [0.2, 0.25) is 0 Å². The molecule has 2 radical (unpaired) electrons. The van der Waals surface area contributed by atoms with Gasteiger partial charge in [-0.1, -0.05) is 161 Å². The SMILES string of the molecule is [CH2]CCC/C=C/CCCCCCC(C)CCCCCCCCCCCCCCC[CH2]. The van der Waals surface area contributed by atoms with Crippen molar-refractivity contribution in [3.05, 3.63) is 26.0 Å². The van der Waals surface area contributed by atoms with E-state index in [-0.39, 0.29) is 0 Å². The fraction of sp³-hybridized carbons (Fsp3) is 0.867. The van der Waals surface area contributed by atoms with E-state index < -0.39 is 0 Å². The quantitative estimate of drug-likeness (QED) is 0.102. The molecule has 0 heterocycles. The second kappa shape index (κ2) is 26.8. The van der Waals surface area contributed by atoms with Gasteiger partial charge >= 0.3 is 0 Å². The van der Waals surface area contributed by atoms with Crippen molar-refractivity contribution < 1.29 is 0 Å². The van der Waals surface area contributed by atoms with Gasteiger partial charge in [-0.3, -0.25) is 0 Å². The minimum absolute atomic E-state index is 0.945. The third-order valence-corrected chi connectivity index (χ3v) is 6.55. The van der Waals surface area contributed by atoms with Crippen molar-refractivity contribution >= 4 is 0 Å². The lowest BCUT2D eigenvalue weighted by Gasteiger charge is -2.11. The molecule has 0 fully saturated rings. The van der Waals surface area contributed by atoms with Crippen LogP contribution in [0.2, 0.25) is 0 Å². The van der Waals surface area contributed by atoms with Crippen molar-refractivity contribution in [2.24, 2.45) is 5.92 Å². The number of allylic oxidation sites excluding steroid dienone is 2. The molecular formula is C30H58. The van der Waals surface area contributed by atoms with Crippen LogP contribution in [0.15, 0.2) is 12.2 Å². The van der Waals surface area contributed by atoms with Gasteiger partial charge in [-0.25, -0.2) is 0 Å². The maximum atomic E-state index is 3.92. The third kappa shape index (κ3) is 25.8. The van der Waals surface area contributed by atoms with Gasteiger partial charge in [-0.2, -0.15) is 0 Å². The van der Waals surface area contributed by atoms with Gasteiger partial charge in [0.1, 0.15) is 0 Å². The summed E-state index contributed by atoms with van der Waals surface area (Å²) in [6, 6.07) is 0. The van der Waals surface area contributed by atoms with Crippen molar-refractivity contribution in [2.45, 2.75) is 161 Å². The van der Waals surface area contributed by atoms with Crippen LogP contribution in [0.5, 0.6) is 0 Å². The maximum Gasteiger partial charge on any atom is -0.0351 e. The molecule has 1 unspecified atom stereocenters. The fourth-order valence-corrected chi connectivity index (χ4v) is 4.36. The molecule has 0 aliphatic heterocycles. The van der Waals surface area contributed by atoms with Gasteiger partial charge in [0.25, 0.3) is 0 Å². The summed E-state index contributed by atoms with van der Waals surface area (Å²) in [4.78, 5) is 0. The first-order chi connectivity index (χ1) is 14.8. The second-order valence-electron chi connectivity index (χ2n) is 9.80. The van der Waals surface area contributed by atoms with Crippen LogP contribution in [0.1, 0.15) is 161 Å². The molecule has 0 aromatic carbocycles. The van der Waals surface area contributed by atoms with E-state index in [0.29, 0.717) is 0 Å². The molecule has 0 heteroatoms. The Labute approximate surface area is 193 Å². The highest BCUT2D eigenvalue weighted by molar-refractivity contribution is 4.81. The van der Waals surface area contributed by atoms with E-state index in [1.165, 1.54) is 141 Å². The first kappa shape index (κ1) is 29.7. The molecule has 0 spiro atoms. The first-order valence-corrected chi connectivity index (χ1v) is 14.0. The summed E-state index contributed by atoms with van der Waals surface area (Å²) in [7, 11) is 0. The van der Waals surface area contributed by atoms with Gasteiger partial charge in [0, 0.05) is 0 Å². The molecular weight excluding hydrogens is 360 g/mol. The predicted molar refractivity (Wildman–Crippen MR) is 140 cm³/mol. The maximum absolute atomic E-state index is 3.92.